The number of rotatable bonds is 6. The Labute approximate surface area is 182 Å². The van der Waals surface area contributed by atoms with Crippen LogP contribution in [0.3, 0.4) is 0 Å². The first-order valence-electron chi connectivity index (χ1n) is 9.28. The first-order chi connectivity index (χ1) is 15.3. The van der Waals surface area contributed by atoms with Gasteiger partial charge in [0, 0.05) is 31.7 Å². The fourth-order valence-corrected chi connectivity index (χ4v) is 4.25. The molecule has 1 aromatic carbocycles. The molecular formula is C20H18N6O5S. The number of carbonyl (C=O) groups is 1. The van der Waals surface area contributed by atoms with Gasteiger partial charge in [0.2, 0.25) is 0 Å². The summed E-state index contributed by atoms with van der Waals surface area (Å²) in [6.45, 7) is 1.71. The lowest BCUT2D eigenvalue weighted by molar-refractivity contribution is 0.0706. The topological polar surface area (TPSA) is 139 Å². The van der Waals surface area contributed by atoms with E-state index in [1.54, 1.807) is 37.5 Å². The number of anilines is 1. The predicted octanol–water partition coefficient (Wildman–Crippen LogP) is 2.17. The number of aryl methyl sites for hydroxylation is 1. The van der Waals surface area contributed by atoms with Crippen molar-refractivity contribution in [3.8, 4) is 11.5 Å². The number of nitrogens with one attached hydrogen (secondary N) is 1. The molecule has 3 aromatic heterocycles. The van der Waals surface area contributed by atoms with Crippen molar-refractivity contribution in [3.05, 3.63) is 72.3 Å². The van der Waals surface area contributed by atoms with E-state index in [2.05, 4.69) is 15.1 Å². The van der Waals surface area contributed by atoms with Crippen LogP contribution in [0.25, 0.3) is 5.65 Å². The highest BCUT2D eigenvalue weighted by atomic mass is 32.2. The van der Waals surface area contributed by atoms with Crippen LogP contribution in [0.15, 0.2) is 66.0 Å². The van der Waals surface area contributed by atoms with E-state index in [0.717, 1.165) is 4.31 Å². The van der Waals surface area contributed by atoms with Crippen molar-refractivity contribution < 1.29 is 23.2 Å². The minimum absolute atomic E-state index is 0.0359. The monoisotopic (exact) mass is 454 g/mol. The van der Waals surface area contributed by atoms with E-state index in [1.165, 1.54) is 47.5 Å². The van der Waals surface area contributed by atoms with Crippen LogP contribution in [-0.4, -0.2) is 46.2 Å². The summed E-state index contributed by atoms with van der Waals surface area (Å²) in [4.78, 5) is 20.2. The van der Waals surface area contributed by atoms with Gasteiger partial charge in [-0.25, -0.2) is 18.9 Å². The maximum atomic E-state index is 13.3. The van der Waals surface area contributed by atoms with Crippen LogP contribution in [0.5, 0.6) is 11.5 Å². The van der Waals surface area contributed by atoms with Gasteiger partial charge >= 0.3 is 0 Å². The van der Waals surface area contributed by atoms with Crippen LogP contribution in [0.4, 0.5) is 5.82 Å². The van der Waals surface area contributed by atoms with Crippen LogP contribution < -0.4 is 14.5 Å². The third-order valence-electron chi connectivity index (χ3n) is 4.59. The Morgan fingerprint density at radius 3 is 2.44 bits per heavy atom. The SMILES string of the molecule is Cc1cc2ncc(C(=O)NO)c(N(C)S(=O)(=O)c3ccc(Oc4ccncc4)cc3)n2n1. The number of benzene rings is 1. The maximum Gasteiger partial charge on any atom is 0.280 e. The lowest BCUT2D eigenvalue weighted by Crippen LogP contribution is -2.32. The molecular weight excluding hydrogens is 436 g/mol. The number of ether oxygens (including phenoxy) is 1. The predicted molar refractivity (Wildman–Crippen MR) is 113 cm³/mol. The summed E-state index contributed by atoms with van der Waals surface area (Å²) in [7, 11) is -2.82. The number of fused-ring (bicyclic) bond motifs is 1. The van der Waals surface area contributed by atoms with Crippen molar-refractivity contribution in [3.63, 3.8) is 0 Å². The van der Waals surface area contributed by atoms with Crippen molar-refractivity contribution in [2.45, 2.75) is 11.8 Å². The zero-order chi connectivity index (χ0) is 22.9. The molecule has 0 spiro atoms. The van der Waals surface area contributed by atoms with E-state index >= 15 is 0 Å². The molecule has 4 rings (SSSR count). The zero-order valence-corrected chi connectivity index (χ0v) is 17.8. The molecule has 0 aliphatic heterocycles. The van der Waals surface area contributed by atoms with Crippen LogP contribution in [0.2, 0.25) is 0 Å². The van der Waals surface area contributed by atoms with Gasteiger partial charge in [-0.1, -0.05) is 0 Å². The highest BCUT2D eigenvalue weighted by molar-refractivity contribution is 7.92. The molecule has 1 amide bonds. The van der Waals surface area contributed by atoms with Crippen molar-refractivity contribution in [1.82, 2.24) is 25.1 Å². The van der Waals surface area contributed by atoms with Crippen LogP contribution in [0, 0.1) is 6.92 Å². The van der Waals surface area contributed by atoms with E-state index in [1.807, 2.05) is 0 Å². The summed E-state index contributed by atoms with van der Waals surface area (Å²) in [6, 6.07) is 10.8. The van der Waals surface area contributed by atoms with E-state index < -0.39 is 15.9 Å². The first-order valence-corrected chi connectivity index (χ1v) is 10.7. The largest absolute Gasteiger partial charge is 0.457 e. The third kappa shape index (κ3) is 3.84. The van der Waals surface area contributed by atoms with Gasteiger partial charge in [0.05, 0.1) is 10.6 Å². The molecule has 11 nitrogen and oxygen atoms in total. The Morgan fingerprint density at radius 1 is 1.12 bits per heavy atom. The molecule has 0 radical (unpaired) electrons. The molecule has 0 bridgehead atoms. The molecule has 164 valence electrons. The highest BCUT2D eigenvalue weighted by Crippen LogP contribution is 2.28. The average molecular weight is 454 g/mol. The Kier molecular flexibility index (Phi) is 5.47. The van der Waals surface area contributed by atoms with Gasteiger partial charge in [0.25, 0.3) is 15.9 Å². The van der Waals surface area contributed by atoms with E-state index in [-0.39, 0.29) is 16.3 Å². The summed E-state index contributed by atoms with van der Waals surface area (Å²) >= 11 is 0. The number of hydroxylamine groups is 1. The molecule has 0 fully saturated rings. The minimum Gasteiger partial charge on any atom is -0.457 e. The van der Waals surface area contributed by atoms with Crippen LogP contribution >= 0.6 is 0 Å². The number of hydrogen-bond donors (Lipinski definition) is 2. The second-order valence-corrected chi connectivity index (χ2v) is 8.69. The zero-order valence-electron chi connectivity index (χ0n) is 17.0. The number of amides is 1. The first kappa shape index (κ1) is 21.2. The maximum absolute atomic E-state index is 13.3. The number of nitrogens with zero attached hydrogens (tertiary/aromatic N) is 5. The molecule has 12 heteroatoms. The van der Waals surface area contributed by atoms with Gasteiger partial charge in [0.1, 0.15) is 17.1 Å². The molecule has 32 heavy (non-hydrogen) atoms. The van der Waals surface area contributed by atoms with Crippen molar-refractivity contribution in [1.29, 1.82) is 0 Å². The molecule has 0 saturated heterocycles. The third-order valence-corrected chi connectivity index (χ3v) is 6.35. The van der Waals surface area contributed by atoms with Gasteiger partial charge in [-0.2, -0.15) is 9.61 Å². The number of aromatic nitrogens is 4. The second-order valence-electron chi connectivity index (χ2n) is 6.72. The van der Waals surface area contributed by atoms with Crippen molar-refractivity contribution in [2.75, 3.05) is 11.4 Å². The molecule has 0 aliphatic rings. The molecule has 0 saturated carbocycles. The Bertz CT molecular complexity index is 1390. The normalized spacial score (nSPS) is 11.3. The Morgan fingerprint density at radius 2 is 1.78 bits per heavy atom. The summed E-state index contributed by atoms with van der Waals surface area (Å²) in [5.74, 6) is -0.00905. The highest BCUT2D eigenvalue weighted by Gasteiger charge is 2.29. The Balaban J connectivity index is 1.73. The van der Waals surface area contributed by atoms with Crippen LogP contribution in [-0.2, 0) is 10.0 Å². The number of pyridine rings is 1. The summed E-state index contributed by atoms with van der Waals surface area (Å²) in [5, 5.41) is 13.3. The van der Waals surface area contributed by atoms with E-state index in [9.17, 15) is 13.2 Å². The summed E-state index contributed by atoms with van der Waals surface area (Å²) in [5.41, 5.74) is 2.25. The van der Waals surface area contributed by atoms with Gasteiger partial charge in [-0.3, -0.25) is 19.3 Å². The van der Waals surface area contributed by atoms with Crippen molar-refractivity contribution in [2.24, 2.45) is 0 Å². The van der Waals surface area contributed by atoms with E-state index in [0.29, 0.717) is 22.8 Å². The lowest BCUT2D eigenvalue weighted by Gasteiger charge is -2.22. The smallest absolute Gasteiger partial charge is 0.280 e. The van der Waals surface area contributed by atoms with Crippen molar-refractivity contribution >= 4 is 27.4 Å². The van der Waals surface area contributed by atoms with Crippen LogP contribution in [0.1, 0.15) is 16.1 Å². The molecule has 0 atom stereocenters. The fourth-order valence-electron chi connectivity index (χ4n) is 3.05. The van der Waals surface area contributed by atoms with Gasteiger partial charge in [-0.15, -0.1) is 0 Å². The van der Waals surface area contributed by atoms with Gasteiger partial charge in [-0.05, 0) is 43.3 Å². The van der Waals surface area contributed by atoms with Gasteiger partial charge < -0.3 is 4.74 Å². The second kappa shape index (κ2) is 8.24. The number of hydrogen-bond acceptors (Lipinski definition) is 8. The Hall–Kier alpha value is -4.03. The molecule has 4 aromatic rings. The molecule has 0 aliphatic carbocycles. The van der Waals surface area contributed by atoms with Gasteiger partial charge in [0.15, 0.2) is 11.5 Å². The lowest BCUT2D eigenvalue weighted by atomic mass is 10.3. The summed E-state index contributed by atoms with van der Waals surface area (Å²) in [6.07, 6.45) is 4.33. The van der Waals surface area contributed by atoms with E-state index in [4.69, 9.17) is 9.94 Å². The molecule has 3 heterocycles. The molecule has 0 unspecified atom stereocenters. The standard InChI is InChI=1S/C20H18N6O5S/c1-13-11-18-22-12-17(19(27)24-28)20(26(18)23-13)25(2)32(29,30)16-5-3-14(4-6-16)31-15-7-9-21-10-8-15/h3-12,28H,1-2H3,(H,24,27). The summed E-state index contributed by atoms with van der Waals surface area (Å²) < 4.78 is 34.5. The number of carbonyl (C=O) groups excluding carboxylic acids is 1. The number of sulfonamides is 1. The molecule has 2 N–H and O–H groups in total. The average Bonchev–Trinajstić information content (AvgIpc) is 3.18. The minimum atomic E-state index is -4.11. The quantitative estimate of drug-likeness (QED) is 0.334. The fraction of sp³-hybridized carbons (Fsp3) is 0.100.